The molecule has 1 aliphatic heterocycles. The Balaban J connectivity index is 1.17. The van der Waals surface area contributed by atoms with Crippen LogP contribution < -0.4 is 15.0 Å². The van der Waals surface area contributed by atoms with Crippen LogP contribution in [0.1, 0.15) is 53.0 Å². The number of anilines is 1. The predicted octanol–water partition coefficient (Wildman–Crippen LogP) is 6.34. The minimum atomic E-state index is -4.42. The Hall–Kier alpha value is -3.86. The SMILES string of the molecule is CCc1nc2ccc(Cl)cn2c1C(=O)NCc1ccc(C2CCN(c3ccc(OCC(F)(F)F)nc3)CC2)cc1F. The molecule has 0 spiro atoms. The van der Waals surface area contributed by atoms with Gasteiger partial charge in [-0.1, -0.05) is 30.7 Å². The molecule has 41 heavy (non-hydrogen) atoms. The fraction of sp³-hybridized carbons (Fsp3) is 0.345. The van der Waals surface area contributed by atoms with Gasteiger partial charge in [0.05, 0.1) is 22.6 Å². The summed E-state index contributed by atoms with van der Waals surface area (Å²) in [4.78, 5) is 23.6. The third-order valence-corrected chi connectivity index (χ3v) is 7.38. The van der Waals surface area contributed by atoms with Crippen molar-refractivity contribution in [1.82, 2.24) is 19.7 Å². The molecule has 1 aliphatic rings. The lowest BCUT2D eigenvalue weighted by molar-refractivity contribution is -0.154. The number of ether oxygens (including phenoxy) is 1. The maximum atomic E-state index is 15.1. The Morgan fingerprint density at radius 1 is 1.15 bits per heavy atom. The van der Waals surface area contributed by atoms with E-state index in [0.29, 0.717) is 47.1 Å². The first-order valence-electron chi connectivity index (χ1n) is 13.2. The Kier molecular flexibility index (Phi) is 8.35. The molecule has 1 amide bonds. The number of hydrogen-bond acceptors (Lipinski definition) is 5. The lowest BCUT2D eigenvalue weighted by Gasteiger charge is -2.33. The van der Waals surface area contributed by atoms with E-state index >= 15 is 4.39 Å². The molecule has 0 atom stereocenters. The van der Waals surface area contributed by atoms with Crippen LogP contribution in [0.3, 0.4) is 0 Å². The number of nitrogens with zero attached hydrogens (tertiary/aromatic N) is 4. The lowest BCUT2D eigenvalue weighted by Crippen LogP contribution is -2.33. The number of amides is 1. The molecule has 0 radical (unpaired) electrons. The van der Waals surface area contributed by atoms with Gasteiger partial charge in [-0.15, -0.1) is 0 Å². The van der Waals surface area contributed by atoms with Crippen LogP contribution in [0.2, 0.25) is 5.02 Å². The molecule has 4 heterocycles. The highest BCUT2D eigenvalue weighted by molar-refractivity contribution is 6.30. The normalized spacial score (nSPS) is 14.4. The fourth-order valence-electron chi connectivity index (χ4n) is 5.05. The smallest absolute Gasteiger partial charge is 0.422 e. The monoisotopic (exact) mass is 589 g/mol. The van der Waals surface area contributed by atoms with E-state index in [1.54, 1.807) is 34.9 Å². The number of benzene rings is 1. The summed E-state index contributed by atoms with van der Waals surface area (Å²) in [7, 11) is 0. The van der Waals surface area contributed by atoms with Crippen LogP contribution in [0.4, 0.5) is 23.2 Å². The number of imidazole rings is 1. The molecule has 12 heteroatoms. The summed E-state index contributed by atoms with van der Waals surface area (Å²) in [6.45, 7) is 1.93. The average Bonchev–Trinajstić information content (AvgIpc) is 3.33. The van der Waals surface area contributed by atoms with E-state index < -0.39 is 12.8 Å². The van der Waals surface area contributed by atoms with E-state index in [9.17, 15) is 18.0 Å². The van der Waals surface area contributed by atoms with E-state index in [1.165, 1.54) is 18.3 Å². The zero-order chi connectivity index (χ0) is 29.1. The first-order chi connectivity index (χ1) is 19.6. The maximum Gasteiger partial charge on any atom is 0.422 e. The highest BCUT2D eigenvalue weighted by Crippen LogP contribution is 2.32. The minimum absolute atomic E-state index is 0.0238. The van der Waals surface area contributed by atoms with E-state index in [4.69, 9.17) is 11.6 Å². The number of halogens is 5. The summed E-state index contributed by atoms with van der Waals surface area (Å²) in [5.41, 5.74) is 3.68. The summed E-state index contributed by atoms with van der Waals surface area (Å²) < 4.78 is 58.4. The zero-order valence-electron chi connectivity index (χ0n) is 22.2. The van der Waals surface area contributed by atoms with Gasteiger partial charge in [0.2, 0.25) is 5.88 Å². The van der Waals surface area contributed by atoms with Crippen molar-refractivity contribution in [3.8, 4) is 5.88 Å². The van der Waals surface area contributed by atoms with Crippen molar-refractivity contribution in [2.24, 2.45) is 0 Å². The molecule has 4 aromatic rings. The van der Waals surface area contributed by atoms with Gasteiger partial charge in [0, 0.05) is 37.5 Å². The van der Waals surface area contributed by atoms with Crippen molar-refractivity contribution >= 4 is 28.8 Å². The summed E-state index contributed by atoms with van der Waals surface area (Å²) in [5, 5.41) is 3.29. The molecule has 1 N–H and O–H groups in total. The maximum absolute atomic E-state index is 15.1. The van der Waals surface area contributed by atoms with Crippen molar-refractivity contribution < 1.29 is 27.1 Å². The minimum Gasteiger partial charge on any atom is -0.468 e. The van der Waals surface area contributed by atoms with Gasteiger partial charge in [0.25, 0.3) is 5.91 Å². The second kappa shape index (κ2) is 11.9. The number of fused-ring (bicyclic) bond motifs is 1. The molecular formula is C29H28ClF4N5O2. The van der Waals surface area contributed by atoms with Gasteiger partial charge >= 0.3 is 6.18 Å². The number of pyridine rings is 2. The highest BCUT2D eigenvalue weighted by Gasteiger charge is 2.29. The van der Waals surface area contributed by atoms with Crippen molar-refractivity contribution in [2.45, 2.75) is 44.8 Å². The second-order valence-electron chi connectivity index (χ2n) is 9.89. The Morgan fingerprint density at radius 3 is 2.59 bits per heavy atom. The number of carbonyl (C=O) groups excluding carboxylic acids is 1. The van der Waals surface area contributed by atoms with Gasteiger partial charge in [-0.25, -0.2) is 14.4 Å². The first kappa shape index (κ1) is 28.7. The number of carbonyl (C=O) groups is 1. The number of hydrogen-bond donors (Lipinski definition) is 1. The number of aryl methyl sites for hydroxylation is 1. The number of alkyl halides is 3. The number of rotatable bonds is 8. The van der Waals surface area contributed by atoms with Crippen molar-refractivity contribution in [3.63, 3.8) is 0 Å². The Labute approximate surface area is 239 Å². The third kappa shape index (κ3) is 6.73. The van der Waals surface area contributed by atoms with Gasteiger partial charge in [-0.2, -0.15) is 13.2 Å². The van der Waals surface area contributed by atoms with E-state index in [1.807, 2.05) is 13.0 Å². The molecule has 1 fully saturated rings. The quantitative estimate of drug-likeness (QED) is 0.243. The zero-order valence-corrected chi connectivity index (χ0v) is 23.0. The average molecular weight is 590 g/mol. The number of aromatic nitrogens is 3. The fourth-order valence-corrected chi connectivity index (χ4v) is 5.21. The number of nitrogens with one attached hydrogen (secondary N) is 1. The van der Waals surface area contributed by atoms with Gasteiger partial charge < -0.3 is 15.0 Å². The standard InChI is InChI=1S/C29H28ClF4N5O2/c1-2-24-27(39-16-21(30)5-7-25(39)37-24)28(40)36-14-20-4-3-19(13-23(20)31)18-9-11-38(12-10-18)22-6-8-26(35-15-22)41-17-29(32,33)34/h3-8,13,15-16,18H,2,9-12,14,17H2,1H3,(H,36,40). The van der Waals surface area contributed by atoms with Crippen LogP contribution >= 0.6 is 11.6 Å². The van der Waals surface area contributed by atoms with E-state index in [-0.39, 0.29) is 30.1 Å². The third-order valence-electron chi connectivity index (χ3n) is 7.16. The molecule has 0 saturated carbocycles. The molecule has 0 bridgehead atoms. The molecule has 0 unspecified atom stereocenters. The molecule has 1 aromatic carbocycles. The Bertz CT molecular complexity index is 1530. The van der Waals surface area contributed by atoms with Crippen LogP contribution in [0, 0.1) is 5.82 Å². The predicted molar refractivity (Wildman–Crippen MR) is 147 cm³/mol. The van der Waals surface area contributed by atoms with Crippen molar-refractivity contribution in [2.75, 3.05) is 24.6 Å². The van der Waals surface area contributed by atoms with E-state index in [2.05, 4.69) is 24.9 Å². The van der Waals surface area contributed by atoms with Crippen molar-refractivity contribution in [1.29, 1.82) is 0 Å². The molecule has 0 aliphatic carbocycles. The molecule has 3 aromatic heterocycles. The topological polar surface area (TPSA) is 71.8 Å². The summed E-state index contributed by atoms with van der Waals surface area (Å²) in [6, 6.07) is 11.7. The van der Waals surface area contributed by atoms with Crippen LogP contribution in [-0.2, 0) is 13.0 Å². The Morgan fingerprint density at radius 2 is 1.93 bits per heavy atom. The van der Waals surface area contributed by atoms with Crippen LogP contribution in [-0.4, -0.2) is 46.1 Å². The molecule has 7 nitrogen and oxygen atoms in total. The van der Waals surface area contributed by atoms with Gasteiger partial charge in [-0.05, 0) is 55.0 Å². The van der Waals surface area contributed by atoms with Gasteiger partial charge in [-0.3, -0.25) is 9.20 Å². The van der Waals surface area contributed by atoms with Gasteiger partial charge in [0.15, 0.2) is 6.61 Å². The molecular weight excluding hydrogens is 562 g/mol. The highest BCUT2D eigenvalue weighted by atomic mass is 35.5. The molecule has 5 rings (SSSR count). The molecule has 216 valence electrons. The van der Waals surface area contributed by atoms with E-state index in [0.717, 1.165) is 24.1 Å². The lowest BCUT2D eigenvalue weighted by atomic mass is 9.88. The van der Waals surface area contributed by atoms with Crippen molar-refractivity contribution in [3.05, 3.63) is 88.2 Å². The largest absolute Gasteiger partial charge is 0.468 e. The first-order valence-corrected chi connectivity index (χ1v) is 13.6. The van der Waals surface area contributed by atoms with Gasteiger partial charge in [0.1, 0.15) is 17.2 Å². The van der Waals surface area contributed by atoms with Crippen LogP contribution in [0.25, 0.3) is 5.65 Å². The van der Waals surface area contributed by atoms with Crippen LogP contribution in [0.15, 0.2) is 54.9 Å². The second-order valence-corrected chi connectivity index (χ2v) is 10.3. The van der Waals surface area contributed by atoms with Crippen LogP contribution in [0.5, 0.6) is 5.88 Å². The summed E-state index contributed by atoms with van der Waals surface area (Å²) in [6.07, 6.45) is 0.827. The summed E-state index contributed by atoms with van der Waals surface area (Å²) in [5.74, 6) is -0.675. The number of piperidine rings is 1. The molecule has 1 saturated heterocycles. The summed E-state index contributed by atoms with van der Waals surface area (Å²) >= 11 is 6.12.